The molecular formula is C18H14F2N2O2. The van der Waals surface area contributed by atoms with Crippen molar-refractivity contribution in [3.8, 4) is 0 Å². The summed E-state index contributed by atoms with van der Waals surface area (Å²) in [5, 5.41) is 4.81. The first-order valence-electron chi connectivity index (χ1n) is 7.36. The van der Waals surface area contributed by atoms with Gasteiger partial charge in [-0.25, -0.2) is 18.3 Å². The Kier molecular flexibility index (Phi) is 4.37. The number of aromatic nitrogens is 1. The molecule has 0 saturated carbocycles. The van der Waals surface area contributed by atoms with Crippen LogP contribution in [0.2, 0.25) is 0 Å². The van der Waals surface area contributed by atoms with Gasteiger partial charge in [0, 0.05) is 5.39 Å². The number of carbonyl (C=O) groups excluding carboxylic acids is 1. The molecule has 0 bridgehead atoms. The van der Waals surface area contributed by atoms with Crippen LogP contribution >= 0.6 is 0 Å². The third-order valence-electron chi connectivity index (χ3n) is 3.42. The van der Waals surface area contributed by atoms with Crippen LogP contribution in [0.1, 0.15) is 23.0 Å². The van der Waals surface area contributed by atoms with E-state index in [0.29, 0.717) is 16.5 Å². The van der Waals surface area contributed by atoms with Crippen LogP contribution in [0.15, 0.2) is 53.6 Å². The highest BCUT2D eigenvalue weighted by atomic mass is 19.1. The molecule has 1 heterocycles. The molecule has 0 aliphatic rings. The van der Waals surface area contributed by atoms with E-state index in [1.54, 1.807) is 19.1 Å². The minimum Gasteiger partial charge on any atom is -0.461 e. The van der Waals surface area contributed by atoms with Crippen LogP contribution in [0.4, 0.5) is 8.78 Å². The predicted molar refractivity (Wildman–Crippen MR) is 87.2 cm³/mol. The number of benzene rings is 2. The number of carbonyl (C=O) groups is 1. The van der Waals surface area contributed by atoms with Gasteiger partial charge in [0.1, 0.15) is 11.6 Å². The largest absolute Gasteiger partial charge is 0.461 e. The first-order valence-corrected chi connectivity index (χ1v) is 7.36. The molecule has 0 fully saturated rings. The number of halogens is 2. The second-order valence-corrected chi connectivity index (χ2v) is 5.06. The highest BCUT2D eigenvalue weighted by molar-refractivity contribution is 5.96. The van der Waals surface area contributed by atoms with Gasteiger partial charge in [-0.3, -0.25) is 0 Å². The van der Waals surface area contributed by atoms with E-state index in [1.165, 1.54) is 47.3 Å². The van der Waals surface area contributed by atoms with Gasteiger partial charge in [0.2, 0.25) is 0 Å². The molecule has 3 aromatic rings. The zero-order valence-electron chi connectivity index (χ0n) is 12.9. The fourth-order valence-corrected chi connectivity index (χ4v) is 2.32. The molecule has 0 radical (unpaired) electrons. The number of hydrogen-bond donors (Lipinski definition) is 0. The van der Waals surface area contributed by atoms with E-state index in [-0.39, 0.29) is 18.1 Å². The Morgan fingerprint density at radius 2 is 1.83 bits per heavy atom. The lowest BCUT2D eigenvalue weighted by atomic mass is 10.2. The molecule has 0 aliphatic heterocycles. The quantitative estimate of drug-likeness (QED) is 0.537. The molecular weight excluding hydrogens is 314 g/mol. The molecule has 1 aromatic heterocycles. The third-order valence-corrected chi connectivity index (χ3v) is 3.42. The van der Waals surface area contributed by atoms with E-state index in [9.17, 15) is 13.6 Å². The van der Waals surface area contributed by atoms with Crippen molar-refractivity contribution in [3.05, 3.63) is 71.4 Å². The highest BCUT2D eigenvalue weighted by Crippen LogP contribution is 2.22. The summed E-state index contributed by atoms with van der Waals surface area (Å²) in [5.74, 6) is -1.30. The zero-order valence-corrected chi connectivity index (χ0v) is 12.9. The SMILES string of the molecule is CCOC(=O)c1cc2cc(F)ccc2n1/N=C/c1ccc(F)cc1. The minimum absolute atomic E-state index is 0.191. The standard InChI is InChI=1S/C18H14F2N2O2/c1-2-24-18(23)17-10-13-9-15(20)7-8-16(13)22(17)21-11-12-3-5-14(19)6-4-12/h3-11H,2H2,1H3/b21-11+. The monoisotopic (exact) mass is 328 g/mol. The van der Waals surface area contributed by atoms with Gasteiger partial charge in [-0.2, -0.15) is 5.10 Å². The second kappa shape index (κ2) is 6.62. The Balaban J connectivity index is 2.08. The van der Waals surface area contributed by atoms with Gasteiger partial charge < -0.3 is 4.74 Å². The molecule has 122 valence electrons. The number of nitrogens with zero attached hydrogens (tertiary/aromatic N) is 2. The Labute approximate surface area is 137 Å². The maximum Gasteiger partial charge on any atom is 0.357 e. The molecule has 6 heteroatoms. The number of esters is 1. The summed E-state index contributed by atoms with van der Waals surface area (Å²) in [6, 6.07) is 11.4. The van der Waals surface area contributed by atoms with E-state index < -0.39 is 11.8 Å². The molecule has 0 unspecified atom stereocenters. The van der Waals surface area contributed by atoms with E-state index in [4.69, 9.17) is 4.74 Å². The first kappa shape index (κ1) is 15.9. The van der Waals surface area contributed by atoms with Crippen LogP contribution in [0.5, 0.6) is 0 Å². The molecule has 0 saturated heterocycles. The fraction of sp³-hybridized carbons (Fsp3) is 0.111. The van der Waals surface area contributed by atoms with Crippen LogP contribution in [-0.2, 0) is 4.74 Å². The third kappa shape index (κ3) is 3.17. The summed E-state index contributed by atoms with van der Waals surface area (Å²) in [5.41, 5.74) is 1.42. The van der Waals surface area contributed by atoms with E-state index in [0.717, 1.165) is 0 Å². The fourth-order valence-electron chi connectivity index (χ4n) is 2.32. The Morgan fingerprint density at radius 3 is 2.54 bits per heavy atom. The van der Waals surface area contributed by atoms with Crippen molar-refractivity contribution >= 4 is 23.1 Å². The average Bonchev–Trinajstić information content (AvgIpc) is 2.92. The Bertz CT molecular complexity index is 915. The maximum atomic E-state index is 13.4. The van der Waals surface area contributed by atoms with Gasteiger partial charge in [-0.05, 0) is 48.9 Å². The minimum atomic E-state index is -0.551. The van der Waals surface area contributed by atoms with Crippen molar-refractivity contribution in [2.24, 2.45) is 5.10 Å². The van der Waals surface area contributed by atoms with Crippen LogP contribution in [0.25, 0.3) is 10.9 Å². The van der Waals surface area contributed by atoms with Crippen molar-refractivity contribution in [2.75, 3.05) is 6.61 Å². The molecule has 0 atom stereocenters. The number of fused-ring (bicyclic) bond motifs is 1. The summed E-state index contributed by atoms with van der Waals surface area (Å²) >= 11 is 0. The molecule has 3 rings (SSSR count). The van der Waals surface area contributed by atoms with Gasteiger partial charge in [0.25, 0.3) is 0 Å². The van der Waals surface area contributed by atoms with E-state index in [1.807, 2.05) is 0 Å². The van der Waals surface area contributed by atoms with Gasteiger partial charge in [-0.1, -0.05) is 12.1 Å². The van der Waals surface area contributed by atoms with Crippen molar-refractivity contribution in [1.29, 1.82) is 0 Å². The molecule has 0 amide bonds. The second-order valence-electron chi connectivity index (χ2n) is 5.06. The highest BCUT2D eigenvalue weighted by Gasteiger charge is 2.16. The predicted octanol–water partition coefficient (Wildman–Crippen LogP) is 3.98. The van der Waals surface area contributed by atoms with Crippen molar-refractivity contribution in [2.45, 2.75) is 6.92 Å². The zero-order chi connectivity index (χ0) is 17.1. The van der Waals surface area contributed by atoms with Gasteiger partial charge >= 0.3 is 5.97 Å². The van der Waals surface area contributed by atoms with Gasteiger partial charge in [0.05, 0.1) is 18.3 Å². The number of ether oxygens (including phenoxy) is 1. The number of rotatable bonds is 4. The smallest absolute Gasteiger partial charge is 0.357 e. The first-order chi connectivity index (χ1) is 11.6. The van der Waals surface area contributed by atoms with Crippen LogP contribution in [0, 0.1) is 11.6 Å². The molecule has 0 aliphatic carbocycles. The molecule has 4 nitrogen and oxygen atoms in total. The average molecular weight is 328 g/mol. The van der Waals surface area contributed by atoms with E-state index in [2.05, 4.69) is 5.10 Å². The van der Waals surface area contributed by atoms with Crippen molar-refractivity contribution in [3.63, 3.8) is 0 Å². The lowest BCUT2D eigenvalue weighted by molar-refractivity contribution is 0.0515. The molecule has 2 aromatic carbocycles. The summed E-state index contributed by atoms with van der Waals surface area (Å²) in [7, 11) is 0. The van der Waals surface area contributed by atoms with Gasteiger partial charge in [-0.15, -0.1) is 0 Å². The lowest BCUT2D eigenvalue weighted by Crippen LogP contribution is -2.09. The summed E-state index contributed by atoms with van der Waals surface area (Å²) in [6.45, 7) is 1.92. The van der Waals surface area contributed by atoms with Crippen LogP contribution in [0.3, 0.4) is 0 Å². The molecule has 0 spiro atoms. The van der Waals surface area contributed by atoms with Crippen molar-refractivity contribution in [1.82, 2.24) is 4.68 Å². The summed E-state index contributed by atoms with van der Waals surface area (Å²) in [6.07, 6.45) is 1.49. The normalized spacial score (nSPS) is 11.3. The number of hydrogen-bond acceptors (Lipinski definition) is 3. The molecule has 24 heavy (non-hydrogen) atoms. The lowest BCUT2D eigenvalue weighted by Gasteiger charge is -2.04. The Hall–Kier alpha value is -3.02. The van der Waals surface area contributed by atoms with Gasteiger partial charge in [0.15, 0.2) is 5.69 Å². The van der Waals surface area contributed by atoms with E-state index >= 15 is 0 Å². The molecule has 0 N–H and O–H groups in total. The summed E-state index contributed by atoms with van der Waals surface area (Å²) < 4.78 is 32.8. The van der Waals surface area contributed by atoms with Crippen LogP contribution < -0.4 is 0 Å². The van der Waals surface area contributed by atoms with Crippen LogP contribution in [-0.4, -0.2) is 23.5 Å². The maximum absolute atomic E-state index is 13.4. The van der Waals surface area contributed by atoms with Crippen molar-refractivity contribution < 1.29 is 18.3 Å². The topological polar surface area (TPSA) is 43.6 Å². The summed E-state index contributed by atoms with van der Waals surface area (Å²) in [4.78, 5) is 12.1. The Morgan fingerprint density at radius 1 is 1.12 bits per heavy atom.